The van der Waals surface area contributed by atoms with Crippen LogP contribution in [0.3, 0.4) is 0 Å². The van der Waals surface area contributed by atoms with Crippen molar-refractivity contribution < 1.29 is 9.53 Å². The van der Waals surface area contributed by atoms with Crippen molar-refractivity contribution in [3.8, 4) is 5.75 Å². The lowest BCUT2D eigenvalue weighted by molar-refractivity contribution is 0.0779. The van der Waals surface area contributed by atoms with E-state index in [0.29, 0.717) is 30.2 Å². The van der Waals surface area contributed by atoms with Crippen LogP contribution >= 0.6 is 0 Å². The number of methoxy groups -OCH3 is 1. The Morgan fingerprint density at radius 2 is 2.04 bits per heavy atom. The van der Waals surface area contributed by atoms with Gasteiger partial charge < -0.3 is 15.0 Å². The Hall–Kier alpha value is -2.82. The number of nitrogens with zero attached hydrogens (tertiary/aromatic N) is 2. The number of amides is 1. The minimum atomic E-state index is -0.0778. The van der Waals surface area contributed by atoms with E-state index in [9.17, 15) is 4.79 Å². The first-order valence-electron chi connectivity index (χ1n) is 7.85. The molecular weight excluding hydrogens is 302 g/mol. The molecule has 0 aliphatic heterocycles. The average molecular weight is 325 g/mol. The number of hydrogen-bond acceptors (Lipinski definition) is 4. The molecule has 24 heavy (non-hydrogen) atoms. The summed E-state index contributed by atoms with van der Waals surface area (Å²) in [5, 5.41) is 3.20. The summed E-state index contributed by atoms with van der Waals surface area (Å²) >= 11 is 0. The maximum atomic E-state index is 12.9. The molecule has 1 heterocycles. The molecule has 0 aliphatic rings. The molecule has 1 N–H and O–H groups in total. The van der Waals surface area contributed by atoms with Crippen molar-refractivity contribution in [3.63, 3.8) is 0 Å². The molecule has 0 bridgehead atoms. The van der Waals surface area contributed by atoms with Crippen LogP contribution in [-0.4, -0.2) is 36.0 Å². The van der Waals surface area contributed by atoms with Crippen LogP contribution in [0.1, 0.15) is 24.2 Å². The van der Waals surface area contributed by atoms with Crippen molar-refractivity contribution in [1.29, 1.82) is 0 Å². The standard InChI is InChI=1S/C19H23N3O2/c1-5-22(13-14(2)3)19(23)15-9-8-12-20-18(15)21-16-10-6-7-11-17(16)24-4/h6-12H,2,5,13H2,1,3-4H3,(H,20,21). The predicted molar refractivity (Wildman–Crippen MR) is 96.9 cm³/mol. The molecule has 0 spiro atoms. The van der Waals surface area contributed by atoms with Gasteiger partial charge in [-0.15, -0.1) is 0 Å². The number of nitrogens with one attached hydrogen (secondary N) is 1. The Morgan fingerprint density at radius 1 is 1.29 bits per heavy atom. The molecule has 0 radical (unpaired) electrons. The first-order chi connectivity index (χ1) is 11.6. The minimum Gasteiger partial charge on any atom is -0.495 e. The number of para-hydroxylation sites is 2. The van der Waals surface area contributed by atoms with Crippen LogP contribution in [0.15, 0.2) is 54.7 Å². The minimum absolute atomic E-state index is 0.0778. The van der Waals surface area contributed by atoms with Crippen LogP contribution in [-0.2, 0) is 0 Å². The quantitative estimate of drug-likeness (QED) is 0.785. The van der Waals surface area contributed by atoms with Gasteiger partial charge in [-0.1, -0.05) is 24.3 Å². The lowest BCUT2D eigenvalue weighted by Crippen LogP contribution is -2.32. The molecule has 0 atom stereocenters. The van der Waals surface area contributed by atoms with E-state index in [-0.39, 0.29) is 5.91 Å². The molecule has 5 nitrogen and oxygen atoms in total. The van der Waals surface area contributed by atoms with Crippen LogP contribution in [0.2, 0.25) is 0 Å². The highest BCUT2D eigenvalue weighted by atomic mass is 16.5. The number of hydrogen-bond donors (Lipinski definition) is 1. The SMILES string of the molecule is C=C(C)CN(CC)C(=O)c1cccnc1Nc1ccccc1OC. The first kappa shape index (κ1) is 17.5. The number of pyridine rings is 1. The molecule has 0 fully saturated rings. The summed E-state index contributed by atoms with van der Waals surface area (Å²) in [4.78, 5) is 18.9. The summed E-state index contributed by atoms with van der Waals surface area (Å²) in [5.41, 5.74) is 2.22. The highest BCUT2D eigenvalue weighted by Gasteiger charge is 2.19. The van der Waals surface area contributed by atoms with Crippen molar-refractivity contribution in [2.45, 2.75) is 13.8 Å². The predicted octanol–water partition coefficient (Wildman–Crippen LogP) is 3.87. The highest BCUT2D eigenvalue weighted by molar-refractivity contribution is 5.99. The summed E-state index contributed by atoms with van der Waals surface area (Å²) in [7, 11) is 1.61. The Balaban J connectivity index is 2.33. The molecule has 0 saturated heterocycles. The fourth-order valence-electron chi connectivity index (χ4n) is 2.38. The first-order valence-corrected chi connectivity index (χ1v) is 7.85. The Kier molecular flexibility index (Phi) is 5.95. The zero-order valence-corrected chi connectivity index (χ0v) is 14.4. The van der Waals surface area contributed by atoms with Gasteiger partial charge in [-0.05, 0) is 38.1 Å². The number of likely N-dealkylation sites (N-methyl/N-ethyl adjacent to an activating group) is 1. The number of benzene rings is 1. The van der Waals surface area contributed by atoms with Gasteiger partial charge in [-0.3, -0.25) is 4.79 Å². The number of aromatic nitrogens is 1. The number of carbonyl (C=O) groups excluding carboxylic acids is 1. The molecule has 2 rings (SSSR count). The van der Waals surface area contributed by atoms with Crippen molar-refractivity contribution in [1.82, 2.24) is 9.88 Å². The van der Waals surface area contributed by atoms with E-state index in [1.807, 2.05) is 38.1 Å². The molecule has 1 amide bonds. The lowest BCUT2D eigenvalue weighted by atomic mass is 10.2. The molecular formula is C19H23N3O2. The smallest absolute Gasteiger partial charge is 0.257 e. The van der Waals surface area contributed by atoms with Crippen molar-refractivity contribution in [2.24, 2.45) is 0 Å². The Labute approximate surface area is 143 Å². The third-order valence-corrected chi connectivity index (χ3v) is 3.53. The summed E-state index contributed by atoms with van der Waals surface area (Å²) in [6.07, 6.45) is 1.66. The summed E-state index contributed by atoms with van der Waals surface area (Å²) in [5.74, 6) is 1.12. The maximum absolute atomic E-state index is 12.9. The molecule has 5 heteroatoms. The van der Waals surface area contributed by atoms with Crippen LogP contribution in [0.4, 0.5) is 11.5 Å². The van der Waals surface area contributed by atoms with E-state index in [4.69, 9.17) is 4.74 Å². The Morgan fingerprint density at radius 3 is 2.71 bits per heavy atom. The number of anilines is 2. The van der Waals surface area contributed by atoms with Crippen LogP contribution in [0.25, 0.3) is 0 Å². The maximum Gasteiger partial charge on any atom is 0.257 e. The molecule has 2 aromatic rings. The van der Waals surface area contributed by atoms with E-state index in [0.717, 1.165) is 11.3 Å². The highest BCUT2D eigenvalue weighted by Crippen LogP contribution is 2.28. The van der Waals surface area contributed by atoms with Gasteiger partial charge in [-0.25, -0.2) is 4.98 Å². The van der Waals surface area contributed by atoms with Gasteiger partial charge >= 0.3 is 0 Å². The van der Waals surface area contributed by atoms with E-state index in [2.05, 4.69) is 16.9 Å². The van der Waals surface area contributed by atoms with E-state index in [1.165, 1.54) is 0 Å². The summed E-state index contributed by atoms with van der Waals surface area (Å²) in [6.45, 7) is 8.88. The normalized spacial score (nSPS) is 10.1. The molecule has 0 aliphatic carbocycles. The van der Waals surface area contributed by atoms with Gasteiger partial charge in [0.05, 0.1) is 18.4 Å². The van der Waals surface area contributed by atoms with Crippen LogP contribution in [0, 0.1) is 0 Å². The van der Waals surface area contributed by atoms with Crippen molar-refractivity contribution in [2.75, 3.05) is 25.5 Å². The number of carbonyl (C=O) groups is 1. The molecule has 0 unspecified atom stereocenters. The van der Waals surface area contributed by atoms with Gasteiger partial charge in [0.25, 0.3) is 5.91 Å². The van der Waals surface area contributed by atoms with Gasteiger partial charge in [0.1, 0.15) is 11.6 Å². The van der Waals surface area contributed by atoms with Gasteiger partial charge in [0.15, 0.2) is 0 Å². The molecule has 1 aromatic carbocycles. The second-order valence-corrected chi connectivity index (χ2v) is 5.50. The van der Waals surface area contributed by atoms with Gasteiger partial charge in [-0.2, -0.15) is 0 Å². The molecule has 1 aromatic heterocycles. The number of rotatable bonds is 7. The third kappa shape index (κ3) is 4.13. The van der Waals surface area contributed by atoms with Crippen molar-refractivity contribution >= 4 is 17.4 Å². The van der Waals surface area contributed by atoms with Crippen LogP contribution < -0.4 is 10.1 Å². The van der Waals surface area contributed by atoms with Crippen LogP contribution in [0.5, 0.6) is 5.75 Å². The number of ether oxygens (including phenoxy) is 1. The van der Waals surface area contributed by atoms with E-state index < -0.39 is 0 Å². The van der Waals surface area contributed by atoms with Gasteiger partial charge in [0.2, 0.25) is 0 Å². The van der Waals surface area contributed by atoms with E-state index >= 15 is 0 Å². The van der Waals surface area contributed by atoms with Gasteiger partial charge in [0, 0.05) is 19.3 Å². The van der Waals surface area contributed by atoms with E-state index in [1.54, 1.807) is 30.3 Å². The fourth-order valence-corrected chi connectivity index (χ4v) is 2.38. The van der Waals surface area contributed by atoms with Crippen molar-refractivity contribution in [3.05, 3.63) is 60.3 Å². The Bertz CT molecular complexity index is 728. The zero-order chi connectivity index (χ0) is 17.5. The largest absolute Gasteiger partial charge is 0.495 e. The lowest BCUT2D eigenvalue weighted by Gasteiger charge is -2.22. The monoisotopic (exact) mass is 325 g/mol. The second kappa shape index (κ2) is 8.15. The molecule has 0 saturated carbocycles. The summed E-state index contributed by atoms with van der Waals surface area (Å²) in [6, 6.07) is 11.1. The summed E-state index contributed by atoms with van der Waals surface area (Å²) < 4.78 is 5.34. The third-order valence-electron chi connectivity index (χ3n) is 3.53. The molecule has 126 valence electrons. The fraction of sp³-hybridized carbons (Fsp3) is 0.263. The topological polar surface area (TPSA) is 54.5 Å². The second-order valence-electron chi connectivity index (χ2n) is 5.50. The average Bonchev–Trinajstić information content (AvgIpc) is 2.60. The zero-order valence-electron chi connectivity index (χ0n) is 14.4.